The van der Waals surface area contributed by atoms with Crippen molar-refractivity contribution < 1.29 is 9.59 Å². The minimum atomic E-state index is -0.122. The standard InChI is InChI=1S/C16H18N2O2S/c19-15(7-6-13-8-11-21-12-13)17-9-10-18-16(20)14-4-2-1-3-5-14/h1-5,8,11-12H,6-7,9-10H2,(H,17,19)(H,18,20). The van der Waals surface area contributed by atoms with Crippen molar-refractivity contribution in [1.82, 2.24) is 10.6 Å². The van der Waals surface area contributed by atoms with Crippen LogP contribution in [0.1, 0.15) is 22.3 Å². The zero-order valence-corrected chi connectivity index (χ0v) is 12.5. The lowest BCUT2D eigenvalue weighted by atomic mass is 10.2. The molecule has 4 nitrogen and oxygen atoms in total. The van der Waals surface area contributed by atoms with Crippen LogP contribution in [0.15, 0.2) is 47.2 Å². The Morgan fingerprint density at radius 2 is 1.76 bits per heavy atom. The zero-order chi connectivity index (χ0) is 14.9. The van der Waals surface area contributed by atoms with E-state index in [0.29, 0.717) is 25.1 Å². The highest BCUT2D eigenvalue weighted by molar-refractivity contribution is 7.07. The Labute approximate surface area is 128 Å². The van der Waals surface area contributed by atoms with Crippen LogP contribution in [0.4, 0.5) is 0 Å². The average molecular weight is 302 g/mol. The van der Waals surface area contributed by atoms with Crippen LogP contribution in [0, 0.1) is 0 Å². The summed E-state index contributed by atoms with van der Waals surface area (Å²) in [4.78, 5) is 23.4. The van der Waals surface area contributed by atoms with Crippen molar-refractivity contribution in [1.29, 1.82) is 0 Å². The van der Waals surface area contributed by atoms with Gasteiger partial charge in [0.2, 0.25) is 5.91 Å². The fourth-order valence-corrected chi connectivity index (χ4v) is 2.55. The third kappa shape index (κ3) is 5.39. The second kappa shape index (κ2) is 8.21. The van der Waals surface area contributed by atoms with Crippen molar-refractivity contribution >= 4 is 23.2 Å². The van der Waals surface area contributed by atoms with E-state index < -0.39 is 0 Å². The molecule has 0 fully saturated rings. The summed E-state index contributed by atoms with van der Waals surface area (Å²) in [6, 6.07) is 11.0. The molecule has 0 saturated heterocycles. The second-order valence-corrected chi connectivity index (χ2v) is 5.38. The van der Waals surface area contributed by atoms with E-state index >= 15 is 0 Å². The second-order valence-electron chi connectivity index (χ2n) is 4.60. The number of aryl methyl sites for hydroxylation is 1. The van der Waals surface area contributed by atoms with Gasteiger partial charge in [0, 0.05) is 25.1 Å². The van der Waals surface area contributed by atoms with Crippen LogP contribution in [0.5, 0.6) is 0 Å². The number of hydrogen-bond donors (Lipinski definition) is 2. The quantitative estimate of drug-likeness (QED) is 0.771. The maximum atomic E-state index is 11.7. The Morgan fingerprint density at radius 3 is 2.48 bits per heavy atom. The molecular formula is C16H18N2O2S. The molecule has 0 unspecified atom stereocenters. The molecule has 0 atom stereocenters. The molecule has 0 aliphatic heterocycles. The number of carbonyl (C=O) groups is 2. The van der Waals surface area contributed by atoms with Crippen molar-refractivity contribution in [3.8, 4) is 0 Å². The fraction of sp³-hybridized carbons (Fsp3) is 0.250. The zero-order valence-electron chi connectivity index (χ0n) is 11.7. The van der Waals surface area contributed by atoms with Gasteiger partial charge in [-0.1, -0.05) is 18.2 Å². The van der Waals surface area contributed by atoms with E-state index in [9.17, 15) is 9.59 Å². The summed E-state index contributed by atoms with van der Waals surface area (Å²) in [7, 11) is 0. The van der Waals surface area contributed by atoms with Gasteiger partial charge in [0.15, 0.2) is 0 Å². The van der Waals surface area contributed by atoms with Crippen molar-refractivity contribution in [3.05, 3.63) is 58.3 Å². The van der Waals surface area contributed by atoms with Gasteiger partial charge < -0.3 is 10.6 Å². The van der Waals surface area contributed by atoms with Gasteiger partial charge in [-0.15, -0.1) is 0 Å². The molecule has 2 aromatic rings. The number of hydrogen-bond acceptors (Lipinski definition) is 3. The van der Waals surface area contributed by atoms with Crippen molar-refractivity contribution in [2.75, 3.05) is 13.1 Å². The lowest BCUT2D eigenvalue weighted by molar-refractivity contribution is -0.121. The topological polar surface area (TPSA) is 58.2 Å². The van der Waals surface area contributed by atoms with Crippen LogP contribution in [-0.2, 0) is 11.2 Å². The number of benzene rings is 1. The van der Waals surface area contributed by atoms with E-state index in [1.165, 1.54) is 5.56 Å². The summed E-state index contributed by atoms with van der Waals surface area (Å²) in [6.07, 6.45) is 1.23. The monoisotopic (exact) mass is 302 g/mol. The van der Waals surface area contributed by atoms with Gasteiger partial charge in [0.05, 0.1) is 0 Å². The molecule has 2 amide bonds. The van der Waals surface area contributed by atoms with Gasteiger partial charge in [-0.25, -0.2) is 0 Å². The average Bonchev–Trinajstić information content (AvgIpc) is 3.03. The summed E-state index contributed by atoms with van der Waals surface area (Å²) in [5.41, 5.74) is 1.81. The van der Waals surface area contributed by atoms with E-state index in [1.54, 1.807) is 23.5 Å². The molecule has 0 bridgehead atoms. The first-order valence-electron chi connectivity index (χ1n) is 6.87. The molecule has 0 saturated carbocycles. The fourth-order valence-electron chi connectivity index (χ4n) is 1.85. The third-order valence-corrected chi connectivity index (χ3v) is 3.72. The van der Waals surface area contributed by atoms with Crippen LogP contribution in [0.2, 0.25) is 0 Å². The summed E-state index contributed by atoms with van der Waals surface area (Å²) < 4.78 is 0. The highest BCUT2D eigenvalue weighted by Gasteiger charge is 2.04. The Balaban J connectivity index is 1.59. The number of thiophene rings is 1. The van der Waals surface area contributed by atoms with Gasteiger partial charge in [-0.05, 0) is 40.9 Å². The van der Waals surface area contributed by atoms with Gasteiger partial charge in [-0.3, -0.25) is 9.59 Å². The lowest BCUT2D eigenvalue weighted by Gasteiger charge is -2.07. The molecular weight excluding hydrogens is 284 g/mol. The van der Waals surface area contributed by atoms with Gasteiger partial charge >= 0.3 is 0 Å². The van der Waals surface area contributed by atoms with Crippen LogP contribution in [-0.4, -0.2) is 24.9 Å². The van der Waals surface area contributed by atoms with E-state index in [0.717, 1.165) is 6.42 Å². The third-order valence-electron chi connectivity index (χ3n) is 2.99. The van der Waals surface area contributed by atoms with Gasteiger partial charge in [0.1, 0.15) is 0 Å². The molecule has 5 heteroatoms. The molecule has 1 aromatic heterocycles. The number of carbonyl (C=O) groups excluding carboxylic acids is 2. The predicted molar refractivity (Wildman–Crippen MR) is 84.4 cm³/mol. The number of rotatable bonds is 7. The van der Waals surface area contributed by atoms with Crippen LogP contribution >= 0.6 is 11.3 Å². The highest BCUT2D eigenvalue weighted by Crippen LogP contribution is 2.07. The molecule has 21 heavy (non-hydrogen) atoms. The largest absolute Gasteiger partial charge is 0.354 e. The Kier molecular flexibility index (Phi) is 5.97. The Morgan fingerprint density at radius 1 is 1.00 bits per heavy atom. The predicted octanol–water partition coefficient (Wildman–Crippen LogP) is 2.23. The maximum Gasteiger partial charge on any atom is 0.251 e. The summed E-state index contributed by atoms with van der Waals surface area (Å²) in [5, 5.41) is 9.63. The highest BCUT2D eigenvalue weighted by atomic mass is 32.1. The first-order valence-corrected chi connectivity index (χ1v) is 7.81. The van der Waals surface area contributed by atoms with Gasteiger partial charge in [-0.2, -0.15) is 11.3 Å². The molecule has 0 radical (unpaired) electrons. The summed E-state index contributed by atoms with van der Waals surface area (Å²) in [5.74, 6) is -0.113. The first kappa shape index (κ1) is 15.3. The smallest absolute Gasteiger partial charge is 0.251 e. The minimum absolute atomic E-state index is 0.00941. The molecule has 1 heterocycles. The molecule has 2 N–H and O–H groups in total. The number of amides is 2. The van der Waals surface area contributed by atoms with Crippen molar-refractivity contribution in [3.63, 3.8) is 0 Å². The van der Waals surface area contributed by atoms with E-state index in [-0.39, 0.29) is 11.8 Å². The number of nitrogens with one attached hydrogen (secondary N) is 2. The SMILES string of the molecule is O=C(CCc1ccsc1)NCCNC(=O)c1ccccc1. The molecule has 110 valence electrons. The summed E-state index contributed by atoms with van der Waals surface area (Å²) >= 11 is 1.63. The molecule has 0 aliphatic rings. The van der Waals surface area contributed by atoms with Crippen molar-refractivity contribution in [2.24, 2.45) is 0 Å². The Hall–Kier alpha value is -2.14. The molecule has 2 rings (SSSR count). The normalized spacial score (nSPS) is 10.1. The lowest BCUT2D eigenvalue weighted by Crippen LogP contribution is -2.34. The van der Waals surface area contributed by atoms with Crippen LogP contribution in [0.3, 0.4) is 0 Å². The minimum Gasteiger partial charge on any atom is -0.354 e. The van der Waals surface area contributed by atoms with Crippen LogP contribution in [0.25, 0.3) is 0 Å². The van der Waals surface area contributed by atoms with Crippen molar-refractivity contribution in [2.45, 2.75) is 12.8 Å². The molecule has 1 aromatic carbocycles. The summed E-state index contributed by atoms with van der Waals surface area (Å²) in [6.45, 7) is 0.874. The van der Waals surface area contributed by atoms with E-state index in [4.69, 9.17) is 0 Å². The van der Waals surface area contributed by atoms with Crippen LogP contribution < -0.4 is 10.6 Å². The van der Waals surface area contributed by atoms with E-state index in [2.05, 4.69) is 10.6 Å². The van der Waals surface area contributed by atoms with E-state index in [1.807, 2.05) is 35.0 Å². The molecule has 0 aliphatic carbocycles. The molecule has 0 spiro atoms. The first-order chi connectivity index (χ1) is 10.3. The maximum absolute atomic E-state index is 11.7. The van der Waals surface area contributed by atoms with Gasteiger partial charge in [0.25, 0.3) is 5.91 Å². The Bertz CT molecular complexity index is 567.